The number of aromatic nitrogens is 3. The zero-order chi connectivity index (χ0) is 29.3. The van der Waals surface area contributed by atoms with Gasteiger partial charge in [-0.3, -0.25) is 14.4 Å². The van der Waals surface area contributed by atoms with Crippen LogP contribution >= 0.6 is 23.1 Å². The fraction of sp³-hybridized carbons (Fsp3) is 0.296. The van der Waals surface area contributed by atoms with Crippen molar-refractivity contribution in [2.75, 3.05) is 46.2 Å². The summed E-state index contributed by atoms with van der Waals surface area (Å²) in [5.41, 5.74) is 0.698. The monoisotopic (exact) mass is 599 g/mol. The first-order valence-corrected chi connectivity index (χ1v) is 13.8. The Labute approximate surface area is 243 Å². The lowest BCUT2D eigenvalue weighted by Gasteiger charge is -2.35. The minimum absolute atomic E-state index is 0.0144. The van der Waals surface area contributed by atoms with Crippen molar-refractivity contribution >= 4 is 56.8 Å². The first-order chi connectivity index (χ1) is 19.7. The molecule has 0 radical (unpaired) electrons. The number of carbonyl (C=O) groups excluding carboxylic acids is 3. The Hall–Kier alpha value is -3.91. The summed E-state index contributed by atoms with van der Waals surface area (Å²) in [6.45, 7) is 1.13. The highest BCUT2D eigenvalue weighted by atomic mass is 35.5. The van der Waals surface area contributed by atoms with E-state index in [1.54, 1.807) is 19.2 Å². The van der Waals surface area contributed by atoms with E-state index < -0.39 is 35.6 Å². The molecule has 2 atom stereocenters. The van der Waals surface area contributed by atoms with E-state index in [9.17, 15) is 18.8 Å². The van der Waals surface area contributed by atoms with Gasteiger partial charge in [-0.1, -0.05) is 29.8 Å². The van der Waals surface area contributed by atoms with Gasteiger partial charge in [0.15, 0.2) is 5.82 Å². The Kier molecular flexibility index (Phi) is 8.31. The minimum Gasteiger partial charge on any atom is -0.383 e. The molecule has 1 aliphatic heterocycles. The molecule has 1 aliphatic rings. The molecule has 3 amide bonds. The van der Waals surface area contributed by atoms with Crippen LogP contribution in [0.25, 0.3) is 10.1 Å². The smallest absolute Gasteiger partial charge is 0.287 e. The van der Waals surface area contributed by atoms with Gasteiger partial charge in [0.1, 0.15) is 17.6 Å². The third kappa shape index (κ3) is 5.53. The van der Waals surface area contributed by atoms with Crippen LogP contribution in [0.2, 0.25) is 5.02 Å². The van der Waals surface area contributed by atoms with Crippen molar-refractivity contribution in [1.29, 1.82) is 0 Å². The molecule has 5 rings (SSSR count). The van der Waals surface area contributed by atoms with Gasteiger partial charge in [0.2, 0.25) is 11.7 Å². The second kappa shape index (κ2) is 11.9. The quantitative estimate of drug-likeness (QED) is 0.269. The molecule has 11 nitrogen and oxygen atoms in total. The normalized spacial score (nSPS) is 16.5. The molecule has 0 bridgehead atoms. The SMILES string of the molecule is CNC(=O)c1nc(NC(=O)c2nsc3ccccc23)c2n1[C@@H](CN(C)CCOC)C(=O)N[C@H]2c1cc(F)ccc1Cl. The van der Waals surface area contributed by atoms with E-state index in [0.717, 1.165) is 4.70 Å². The van der Waals surface area contributed by atoms with Gasteiger partial charge in [0.05, 0.1) is 23.0 Å². The summed E-state index contributed by atoms with van der Waals surface area (Å²) in [5.74, 6) is -2.22. The number of nitrogens with zero attached hydrogens (tertiary/aromatic N) is 4. The van der Waals surface area contributed by atoms with Gasteiger partial charge in [-0.2, -0.15) is 4.37 Å². The number of amides is 3. The number of hydrogen-bond donors (Lipinski definition) is 3. The Morgan fingerprint density at radius 2 is 2.02 bits per heavy atom. The fourth-order valence-corrected chi connectivity index (χ4v) is 5.80. The number of hydrogen-bond acceptors (Lipinski definition) is 8. The molecule has 0 spiro atoms. The molecule has 41 heavy (non-hydrogen) atoms. The average molecular weight is 600 g/mol. The number of fused-ring (bicyclic) bond motifs is 2. The van der Waals surface area contributed by atoms with Gasteiger partial charge < -0.3 is 30.2 Å². The average Bonchev–Trinajstić information content (AvgIpc) is 3.56. The second-order valence-electron chi connectivity index (χ2n) is 9.48. The number of ether oxygens (including phenoxy) is 1. The summed E-state index contributed by atoms with van der Waals surface area (Å²) < 4.78 is 26.2. The fourth-order valence-electron chi connectivity index (χ4n) is 4.80. The topological polar surface area (TPSA) is 130 Å². The van der Waals surface area contributed by atoms with Gasteiger partial charge in [0, 0.05) is 43.2 Å². The van der Waals surface area contributed by atoms with Gasteiger partial charge in [-0.05, 0) is 42.8 Å². The zero-order valence-electron chi connectivity index (χ0n) is 22.4. The highest BCUT2D eigenvalue weighted by Gasteiger charge is 2.41. The molecule has 0 fully saturated rings. The zero-order valence-corrected chi connectivity index (χ0v) is 24.0. The molecule has 2 aromatic carbocycles. The summed E-state index contributed by atoms with van der Waals surface area (Å²) in [6, 6.07) is 9.13. The number of imidazole rings is 1. The van der Waals surface area contributed by atoms with Crippen molar-refractivity contribution in [3.8, 4) is 0 Å². The Balaban J connectivity index is 1.67. The lowest BCUT2D eigenvalue weighted by Crippen LogP contribution is -2.48. The van der Waals surface area contributed by atoms with Gasteiger partial charge >= 0.3 is 0 Å². The van der Waals surface area contributed by atoms with Crippen LogP contribution < -0.4 is 16.0 Å². The third-order valence-corrected chi connectivity index (χ3v) is 7.98. The molecule has 0 saturated heterocycles. The molecule has 0 saturated carbocycles. The summed E-state index contributed by atoms with van der Waals surface area (Å²) >= 11 is 7.66. The molecule has 14 heteroatoms. The van der Waals surface area contributed by atoms with E-state index in [4.69, 9.17) is 16.3 Å². The molecule has 3 N–H and O–H groups in total. The van der Waals surface area contributed by atoms with Crippen molar-refractivity contribution in [3.05, 3.63) is 76.1 Å². The second-order valence-corrected chi connectivity index (χ2v) is 10.7. The number of halogens is 2. The standard InChI is InChI=1S/C27H27ClFN7O4S/c1-30-27(39)24-32-23(33-26(38)21-15-6-4-5-7-19(15)41-34-21)22-20(16-12-14(29)8-9-17(16)28)31-25(37)18(36(22)24)13-35(2)10-11-40-3/h4-9,12,18,20H,10-11,13H2,1-3H3,(H,30,39)(H,31,37)(H,33,38)/t18-,20-/m0/s1. The predicted molar refractivity (Wildman–Crippen MR) is 153 cm³/mol. The van der Waals surface area contributed by atoms with E-state index >= 15 is 0 Å². The van der Waals surface area contributed by atoms with Crippen molar-refractivity contribution in [2.45, 2.75) is 12.1 Å². The first kappa shape index (κ1) is 28.6. The summed E-state index contributed by atoms with van der Waals surface area (Å²) in [6.07, 6.45) is 0. The molecule has 4 aromatic rings. The number of benzene rings is 2. The molecule has 214 valence electrons. The maximum Gasteiger partial charge on any atom is 0.287 e. The van der Waals surface area contributed by atoms with Crippen molar-refractivity contribution < 1.29 is 23.5 Å². The highest BCUT2D eigenvalue weighted by Crippen LogP contribution is 2.39. The molecule has 2 aromatic heterocycles. The number of carbonyl (C=O) groups is 3. The van der Waals surface area contributed by atoms with Crippen LogP contribution in [-0.4, -0.2) is 77.4 Å². The number of nitrogens with one attached hydrogen (secondary N) is 3. The van der Waals surface area contributed by atoms with Crippen molar-refractivity contribution in [1.82, 2.24) is 29.5 Å². The van der Waals surface area contributed by atoms with Crippen LogP contribution in [0.1, 0.15) is 44.4 Å². The molecule has 0 aliphatic carbocycles. The predicted octanol–water partition coefficient (Wildman–Crippen LogP) is 3.24. The molecular formula is C27H27ClFN7O4S. The highest BCUT2D eigenvalue weighted by molar-refractivity contribution is 7.13. The lowest BCUT2D eigenvalue weighted by molar-refractivity contribution is -0.126. The van der Waals surface area contributed by atoms with E-state index in [1.165, 1.54) is 41.3 Å². The van der Waals surface area contributed by atoms with E-state index in [1.807, 2.05) is 24.1 Å². The minimum atomic E-state index is -1.03. The number of rotatable bonds is 9. The van der Waals surface area contributed by atoms with Gasteiger partial charge in [-0.15, -0.1) is 0 Å². The number of likely N-dealkylation sites (N-methyl/N-ethyl adjacent to an activating group) is 1. The van der Waals surface area contributed by atoms with Crippen LogP contribution in [0.3, 0.4) is 0 Å². The molecular weight excluding hydrogens is 573 g/mol. The lowest BCUT2D eigenvalue weighted by atomic mass is 9.98. The first-order valence-electron chi connectivity index (χ1n) is 12.7. The maximum atomic E-state index is 14.4. The van der Waals surface area contributed by atoms with Crippen molar-refractivity contribution in [2.24, 2.45) is 0 Å². The van der Waals surface area contributed by atoms with Crippen LogP contribution in [0.4, 0.5) is 10.2 Å². The number of anilines is 1. The summed E-state index contributed by atoms with van der Waals surface area (Å²) in [4.78, 5) is 46.6. The summed E-state index contributed by atoms with van der Waals surface area (Å²) in [5, 5.41) is 9.10. The van der Waals surface area contributed by atoms with Crippen LogP contribution in [-0.2, 0) is 9.53 Å². The Bertz CT molecular complexity index is 1640. The Morgan fingerprint density at radius 3 is 2.78 bits per heavy atom. The largest absolute Gasteiger partial charge is 0.383 e. The van der Waals surface area contributed by atoms with E-state index in [0.29, 0.717) is 18.5 Å². The van der Waals surface area contributed by atoms with Crippen LogP contribution in [0, 0.1) is 5.82 Å². The maximum absolute atomic E-state index is 14.4. The third-order valence-electron chi connectivity index (χ3n) is 6.81. The van der Waals surface area contributed by atoms with Gasteiger partial charge in [0.25, 0.3) is 11.8 Å². The number of methoxy groups -OCH3 is 1. The van der Waals surface area contributed by atoms with Gasteiger partial charge in [-0.25, -0.2) is 9.37 Å². The van der Waals surface area contributed by atoms with E-state index in [2.05, 4.69) is 25.3 Å². The van der Waals surface area contributed by atoms with Crippen LogP contribution in [0.5, 0.6) is 0 Å². The molecule has 3 heterocycles. The summed E-state index contributed by atoms with van der Waals surface area (Å²) in [7, 11) is 4.83. The van der Waals surface area contributed by atoms with Crippen molar-refractivity contribution in [3.63, 3.8) is 0 Å². The Morgan fingerprint density at radius 1 is 1.24 bits per heavy atom. The molecule has 0 unspecified atom stereocenters. The van der Waals surface area contributed by atoms with E-state index in [-0.39, 0.29) is 40.2 Å². The van der Waals surface area contributed by atoms with Crippen LogP contribution in [0.15, 0.2) is 42.5 Å².